The molecule has 0 bridgehead atoms. The maximum absolute atomic E-state index is 13.9. The molecule has 3 rings (SSSR count). The van der Waals surface area contributed by atoms with Gasteiger partial charge in [0.1, 0.15) is 12.4 Å². The van der Waals surface area contributed by atoms with Crippen molar-refractivity contribution in [3.8, 4) is 17.2 Å². The van der Waals surface area contributed by atoms with Crippen LogP contribution in [0.2, 0.25) is 0 Å². The van der Waals surface area contributed by atoms with E-state index in [4.69, 9.17) is 18.7 Å². The molecule has 0 fully saturated rings. The van der Waals surface area contributed by atoms with E-state index in [1.165, 1.54) is 31.4 Å². The van der Waals surface area contributed by atoms with Crippen LogP contribution < -0.4 is 14.2 Å². The van der Waals surface area contributed by atoms with Gasteiger partial charge in [0, 0.05) is 4.47 Å². The first kappa shape index (κ1) is 19.9. The van der Waals surface area contributed by atoms with E-state index in [0.717, 1.165) is 11.3 Å². The molecule has 0 aliphatic carbocycles. The average Bonchev–Trinajstić information content (AvgIpc) is 3.00. The van der Waals surface area contributed by atoms with E-state index in [-0.39, 0.29) is 17.9 Å². The fourth-order valence-corrected chi connectivity index (χ4v) is 2.82. The summed E-state index contributed by atoms with van der Waals surface area (Å²) in [7, 11) is 1.46. The van der Waals surface area contributed by atoms with Crippen LogP contribution in [0, 0.1) is 19.7 Å². The zero-order valence-corrected chi connectivity index (χ0v) is 17.0. The highest BCUT2D eigenvalue weighted by atomic mass is 79.9. The summed E-state index contributed by atoms with van der Waals surface area (Å²) in [6.07, 6.45) is 0. The lowest BCUT2D eigenvalue weighted by Crippen LogP contribution is -2.10. The molecule has 1 heterocycles. The first-order valence-electron chi connectivity index (χ1n) is 8.29. The van der Waals surface area contributed by atoms with E-state index in [1.54, 1.807) is 19.1 Å². The molecule has 146 valence electrons. The van der Waals surface area contributed by atoms with Gasteiger partial charge in [0.15, 0.2) is 23.1 Å². The Labute approximate surface area is 169 Å². The van der Waals surface area contributed by atoms with Crippen LogP contribution in [0.3, 0.4) is 0 Å². The normalized spacial score (nSPS) is 10.6. The van der Waals surface area contributed by atoms with Gasteiger partial charge in [-0.25, -0.2) is 9.18 Å². The van der Waals surface area contributed by atoms with Gasteiger partial charge in [0.25, 0.3) is 0 Å². The number of hydrogen-bond donors (Lipinski definition) is 0. The standard InChI is InChI=1S/C20H17BrFNO5/c1-11-15(12(2)28-23-11)10-26-18-6-4-13(8-19(18)25-3)20(24)27-17-7-5-14(21)9-16(17)22/h4-9H,10H2,1-3H3. The van der Waals surface area contributed by atoms with Gasteiger partial charge in [0.2, 0.25) is 0 Å². The number of aryl methyl sites for hydroxylation is 2. The first-order chi connectivity index (χ1) is 13.4. The quantitative estimate of drug-likeness (QED) is 0.389. The average molecular weight is 450 g/mol. The van der Waals surface area contributed by atoms with E-state index in [2.05, 4.69) is 21.1 Å². The Bertz CT molecular complexity index is 998. The van der Waals surface area contributed by atoms with Crippen LogP contribution in [0.4, 0.5) is 4.39 Å². The van der Waals surface area contributed by atoms with Gasteiger partial charge in [-0.15, -0.1) is 0 Å². The number of aromatic nitrogens is 1. The lowest BCUT2D eigenvalue weighted by molar-refractivity contribution is 0.0727. The van der Waals surface area contributed by atoms with E-state index < -0.39 is 11.8 Å². The summed E-state index contributed by atoms with van der Waals surface area (Å²) in [5.74, 6) is -0.0589. The molecule has 0 aliphatic heterocycles. The van der Waals surface area contributed by atoms with Crippen LogP contribution in [-0.4, -0.2) is 18.2 Å². The topological polar surface area (TPSA) is 70.8 Å². The predicted molar refractivity (Wildman–Crippen MR) is 102 cm³/mol. The Hall–Kier alpha value is -2.87. The van der Waals surface area contributed by atoms with E-state index >= 15 is 0 Å². The summed E-state index contributed by atoms with van der Waals surface area (Å²) in [6.45, 7) is 3.87. The van der Waals surface area contributed by atoms with Crippen molar-refractivity contribution in [3.63, 3.8) is 0 Å². The van der Waals surface area contributed by atoms with Crippen molar-refractivity contribution < 1.29 is 27.9 Å². The number of hydrogen-bond acceptors (Lipinski definition) is 6. The number of carbonyl (C=O) groups excluding carboxylic acids is 1. The van der Waals surface area contributed by atoms with Crippen molar-refractivity contribution in [3.05, 3.63) is 69.3 Å². The number of nitrogens with zero attached hydrogens (tertiary/aromatic N) is 1. The van der Waals surface area contributed by atoms with Crippen LogP contribution in [-0.2, 0) is 6.61 Å². The first-order valence-corrected chi connectivity index (χ1v) is 9.08. The molecule has 1 aromatic heterocycles. The van der Waals surface area contributed by atoms with Crippen molar-refractivity contribution in [2.45, 2.75) is 20.5 Å². The molecule has 0 radical (unpaired) electrons. The molecule has 3 aromatic rings. The molecule has 0 spiro atoms. The summed E-state index contributed by atoms with van der Waals surface area (Å²) in [4.78, 5) is 12.3. The highest BCUT2D eigenvalue weighted by Crippen LogP contribution is 2.30. The van der Waals surface area contributed by atoms with Crippen molar-refractivity contribution in [2.75, 3.05) is 7.11 Å². The van der Waals surface area contributed by atoms with Crippen molar-refractivity contribution in [2.24, 2.45) is 0 Å². The van der Waals surface area contributed by atoms with Crippen LogP contribution in [0.15, 0.2) is 45.4 Å². The number of halogens is 2. The lowest BCUT2D eigenvalue weighted by atomic mass is 10.2. The number of esters is 1. The van der Waals surface area contributed by atoms with Crippen molar-refractivity contribution in [1.29, 1.82) is 0 Å². The Morgan fingerprint density at radius 3 is 2.54 bits per heavy atom. The summed E-state index contributed by atoms with van der Waals surface area (Å²) in [5, 5.41) is 3.88. The summed E-state index contributed by atoms with van der Waals surface area (Å²) in [6, 6.07) is 8.75. The van der Waals surface area contributed by atoms with Crippen LogP contribution in [0.5, 0.6) is 17.2 Å². The maximum atomic E-state index is 13.9. The second-order valence-electron chi connectivity index (χ2n) is 5.92. The Balaban J connectivity index is 1.75. The zero-order valence-electron chi connectivity index (χ0n) is 15.4. The van der Waals surface area contributed by atoms with Crippen LogP contribution in [0.25, 0.3) is 0 Å². The molecule has 0 amide bonds. The van der Waals surface area contributed by atoms with Crippen molar-refractivity contribution >= 4 is 21.9 Å². The Morgan fingerprint density at radius 1 is 1.14 bits per heavy atom. The minimum absolute atomic E-state index is 0.161. The number of methoxy groups -OCH3 is 1. The van der Waals surface area contributed by atoms with Gasteiger partial charge in [-0.3, -0.25) is 0 Å². The van der Waals surface area contributed by atoms with Crippen molar-refractivity contribution in [1.82, 2.24) is 5.16 Å². The van der Waals surface area contributed by atoms with Crippen LogP contribution in [0.1, 0.15) is 27.4 Å². The second-order valence-corrected chi connectivity index (χ2v) is 6.84. The smallest absolute Gasteiger partial charge is 0.343 e. The third-order valence-corrected chi connectivity index (χ3v) is 4.54. The highest BCUT2D eigenvalue weighted by Gasteiger charge is 2.16. The molecule has 0 atom stereocenters. The summed E-state index contributed by atoms with van der Waals surface area (Å²) >= 11 is 3.15. The lowest BCUT2D eigenvalue weighted by Gasteiger charge is -2.12. The Kier molecular flexibility index (Phi) is 5.99. The van der Waals surface area contributed by atoms with E-state index in [1.807, 2.05) is 6.92 Å². The molecule has 0 saturated heterocycles. The molecule has 8 heteroatoms. The van der Waals surface area contributed by atoms with E-state index in [9.17, 15) is 9.18 Å². The van der Waals surface area contributed by atoms with Crippen LogP contribution >= 0.6 is 15.9 Å². The molecule has 0 aliphatic rings. The highest BCUT2D eigenvalue weighted by molar-refractivity contribution is 9.10. The minimum atomic E-state index is -0.711. The fourth-order valence-electron chi connectivity index (χ4n) is 2.49. The van der Waals surface area contributed by atoms with E-state index in [0.29, 0.717) is 21.7 Å². The SMILES string of the molecule is COc1cc(C(=O)Oc2ccc(Br)cc2F)ccc1OCc1c(C)noc1C. The molecule has 0 saturated carbocycles. The van der Waals surface area contributed by atoms with Gasteiger partial charge in [-0.2, -0.15) is 0 Å². The number of carbonyl (C=O) groups is 1. The fraction of sp³-hybridized carbons (Fsp3) is 0.200. The second kappa shape index (κ2) is 8.43. The molecule has 0 N–H and O–H groups in total. The molecular weight excluding hydrogens is 433 g/mol. The predicted octanol–water partition coefficient (Wildman–Crippen LogP) is 5.00. The monoisotopic (exact) mass is 449 g/mol. The molecule has 2 aromatic carbocycles. The number of ether oxygens (including phenoxy) is 3. The Morgan fingerprint density at radius 2 is 1.89 bits per heavy atom. The van der Waals surface area contributed by atoms with Gasteiger partial charge in [0.05, 0.1) is 23.9 Å². The zero-order chi connectivity index (χ0) is 20.3. The minimum Gasteiger partial charge on any atom is -0.493 e. The molecular formula is C20H17BrFNO5. The summed E-state index contributed by atoms with van der Waals surface area (Å²) in [5.41, 5.74) is 1.79. The van der Waals surface area contributed by atoms with Gasteiger partial charge in [-0.1, -0.05) is 21.1 Å². The largest absolute Gasteiger partial charge is 0.493 e. The number of rotatable bonds is 6. The van der Waals surface area contributed by atoms with Gasteiger partial charge >= 0.3 is 5.97 Å². The molecule has 28 heavy (non-hydrogen) atoms. The third kappa shape index (κ3) is 4.33. The molecule has 0 unspecified atom stereocenters. The third-order valence-electron chi connectivity index (χ3n) is 4.05. The maximum Gasteiger partial charge on any atom is 0.343 e. The van der Waals surface area contributed by atoms with Gasteiger partial charge < -0.3 is 18.7 Å². The summed E-state index contributed by atoms with van der Waals surface area (Å²) < 4.78 is 35.7. The van der Waals surface area contributed by atoms with Gasteiger partial charge in [-0.05, 0) is 50.2 Å². The number of benzene rings is 2. The molecule has 6 nitrogen and oxygen atoms in total.